The molecule has 2 unspecified atom stereocenters. The molecule has 0 bridgehead atoms. The molecular formula is C8H11NO4. The van der Waals surface area contributed by atoms with Crippen molar-refractivity contribution < 1.29 is 19.8 Å². The normalized spacial score (nSPS) is 36.8. The van der Waals surface area contributed by atoms with Crippen LogP contribution in [0.15, 0.2) is 0 Å². The summed E-state index contributed by atoms with van der Waals surface area (Å²) in [5, 5.41) is 17.4. The van der Waals surface area contributed by atoms with E-state index in [1.54, 1.807) is 0 Å². The second-order valence-corrected chi connectivity index (χ2v) is 3.45. The molecule has 2 rings (SSSR count). The van der Waals surface area contributed by atoms with Crippen molar-refractivity contribution in [1.29, 1.82) is 0 Å². The van der Waals surface area contributed by atoms with Gasteiger partial charge in [-0.05, 0) is 0 Å². The lowest BCUT2D eigenvalue weighted by Crippen LogP contribution is -2.37. The predicted molar refractivity (Wildman–Crippen MR) is 41.4 cm³/mol. The van der Waals surface area contributed by atoms with E-state index in [1.807, 2.05) is 0 Å². The molecule has 5 nitrogen and oxygen atoms in total. The van der Waals surface area contributed by atoms with Gasteiger partial charge in [0.15, 0.2) is 0 Å². The van der Waals surface area contributed by atoms with E-state index in [1.165, 1.54) is 0 Å². The van der Waals surface area contributed by atoms with Crippen molar-refractivity contribution in [3.05, 3.63) is 0 Å². The average Bonchev–Trinajstić information content (AvgIpc) is 2.80. The smallest absolute Gasteiger partial charge is 0.233 e. The third-order valence-electron chi connectivity index (χ3n) is 2.81. The number of hydrogen-bond acceptors (Lipinski definition) is 4. The van der Waals surface area contributed by atoms with Gasteiger partial charge in [0.2, 0.25) is 11.8 Å². The molecule has 0 spiro atoms. The van der Waals surface area contributed by atoms with Crippen molar-refractivity contribution in [1.82, 2.24) is 4.90 Å². The number of aliphatic hydroxyl groups is 2. The Bertz CT molecular complexity index is 243. The number of piperidine rings is 1. The van der Waals surface area contributed by atoms with Gasteiger partial charge in [0, 0.05) is 12.5 Å². The number of rotatable bonds is 3. The first-order chi connectivity index (χ1) is 6.22. The first-order valence-electron chi connectivity index (χ1n) is 4.29. The van der Waals surface area contributed by atoms with Crippen LogP contribution in [-0.2, 0) is 9.59 Å². The van der Waals surface area contributed by atoms with Crippen LogP contribution < -0.4 is 0 Å². The first kappa shape index (κ1) is 8.65. The Morgan fingerprint density at radius 1 is 1.15 bits per heavy atom. The highest BCUT2D eigenvalue weighted by atomic mass is 16.3. The van der Waals surface area contributed by atoms with Crippen LogP contribution in [0.1, 0.15) is 0 Å². The third-order valence-corrected chi connectivity index (χ3v) is 2.81. The van der Waals surface area contributed by atoms with Crippen LogP contribution in [0.2, 0.25) is 0 Å². The molecule has 2 amide bonds. The average molecular weight is 185 g/mol. The largest absolute Gasteiger partial charge is 0.396 e. The standard InChI is InChI=1S/C8H11NO4/c10-2-1-9-7(12)5-4(3-11)6(5)8(9)13/h4-6,10-11H,1-3H2. The lowest BCUT2D eigenvalue weighted by Gasteiger charge is -2.15. The SMILES string of the molecule is O=C1C2C(CO)C2C(=O)N1CCO. The van der Waals surface area contributed by atoms with Crippen LogP contribution in [0.3, 0.4) is 0 Å². The molecule has 72 valence electrons. The summed E-state index contributed by atoms with van der Waals surface area (Å²) in [4.78, 5) is 23.9. The highest BCUT2D eigenvalue weighted by molar-refractivity contribution is 6.09. The van der Waals surface area contributed by atoms with Gasteiger partial charge in [-0.15, -0.1) is 0 Å². The monoisotopic (exact) mass is 185 g/mol. The molecular weight excluding hydrogens is 174 g/mol. The lowest BCUT2D eigenvalue weighted by molar-refractivity contribution is -0.143. The van der Waals surface area contributed by atoms with E-state index in [0.29, 0.717) is 0 Å². The molecule has 1 saturated carbocycles. The maximum Gasteiger partial charge on any atom is 0.233 e. The van der Waals surface area contributed by atoms with E-state index in [4.69, 9.17) is 10.2 Å². The Hall–Kier alpha value is -0.940. The molecule has 2 N–H and O–H groups in total. The van der Waals surface area contributed by atoms with Gasteiger partial charge in [0.1, 0.15) is 0 Å². The Morgan fingerprint density at radius 2 is 1.69 bits per heavy atom. The summed E-state index contributed by atoms with van der Waals surface area (Å²) in [6.45, 7) is -0.205. The summed E-state index contributed by atoms with van der Waals surface area (Å²) in [6.07, 6.45) is 0. The molecule has 2 atom stereocenters. The van der Waals surface area contributed by atoms with E-state index in [9.17, 15) is 9.59 Å². The molecule has 0 aromatic heterocycles. The second-order valence-electron chi connectivity index (χ2n) is 3.45. The van der Waals surface area contributed by atoms with Gasteiger partial charge in [0.05, 0.1) is 25.0 Å². The minimum atomic E-state index is -0.302. The lowest BCUT2D eigenvalue weighted by atomic mass is 10.2. The predicted octanol–water partition coefficient (Wildman–Crippen LogP) is -1.80. The molecule has 5 heteroatoms. The molecule has 13 heavy (non-hydrogen) atoms. The fraction of sp³-hybridized carbons (Fsp3) is 0.750. The Morgan fingerprint density at radius 3 is 2.08 bits per heavy atom. The summed E-state index contributed by atoms with van der Waals surface area (Å²) in [5.74, 6) is -1.23. The van der Waals surface area contributed by atoms with Crippen LogP contribution in [0.25, 0.3) is 0 Å². The molecule has 1 aliphatic carbocycles. The van der Waals surface area contributed by atoms with Gasteiger partial charge >= 0.3 is 0 Å². The van der Waals surface area contributed by atoms with Crippen LogP contribution >= 0.6 is 0 Å². The molecule has 0 aromatic carbocycles. The van der Waals surface area contributed by atoms with Crippen molar-refractivity contribution in [3.63, 3.8) is 0 Å². The third kappa shape index (κ3) is 1.00. The van der Waals surface area contributed by atoms with E-state index in [2.05, 4.69) is 0 Å². The number of carbonyl (C=O) groups excluding carboxylic acids is 2. The van der Waals surface area contributed by atoms with Crippen LogP contribution in [0.4, 0.5) is 0 Å². The minimum Gasteiger partial charge on any atom is -0.396 e. The van der Waals surface area contributed by atoms with Gasteiger partial charge < -0.3 is 10.2 Å². The fourth-order valence-corrected chi connectivity index (χ4v) is 2.06. The van der Waals surface area contributed by atoms with E-state index in [-0.39, 0.29) is 49.3 Å². The molecule has 2 aliphatic rings. The highest BCUT2D eigenvalue weighted by Crippen LogP contribution is 2.52. The molecule has 0 aromatic rings. The number of carbonyl (C=O) groups is 2. The van der Waals surface area contributed by atoms with Crippen LogP contribution in [0, 0.1) is 17.8 Å². The first-order valence-corrected chi connectivity index (χ1v) is 4.29. The van der Waals surface area contributed by atoms with Crippen LogP contribution in [0.5, 0.6) is 0 Å². The van der Waals surface area contributed by atoms with Gasteiger partial charge in [-0.1, -0.05) is 0 Å². The zero-order chi connectivity index (χ0) is 9.59. The molecule has 0 radical (unpaired) electrons. The quantitative estimate of drug-likeness (QED) is 0.509. The van der Waals surface area contributed by atoms with Crippen molar-refractivity contribution in [2.45, 2.75) is 0 Å². The van der Waals surface area contributed by atoms with Gasteiger partial charge in [-0.3, -0.25) is 14.5 Å². The van der Waals surface area contributed by atoms with Crippen LogP contribution in [-0.4, -0.2) is 46.7 Å². The zero-order valence-corrected chi connectivity index (χ0v) is 7.01. The maximum absolute atomic E-state index is 11.4. The topological polar surface area (TPSA) is 77.8 Å². The van der Waals surface area contributed by atoms with E-state index in [0.717, 1.165) is 4.90 Å². The van der Waals surface area contributed by atoms with E-state index < -0.39 is 0 Å². The Balaban J connectivity index is 2.08. The summed E-state index contributed by atoms with van der Waals surface area (Å²) < 4.78 is 0. The molecule has 2 fully saturated rings. The molecule has 1 heterocycles. The number of imide groups is 1. The highest BCUT2D eigenvalue weighted by Gasteiger charge is 2.66. The molecule has 1 aliphatic heterocycles. The Labute approximate surface area is 75.0 Å². The van der Waals surface area contributed by atoms with Crippen molar-refractivity contribution >= 4 is 11.8 Å². The number of likely N-dealkylation sites (tertiary alicyclic amines) is 1. The number of hydrogen-bond donors (Lipinski definition) is 2. The van der Waals surface area contributed by atoms with Gasteiger partial charge in [0.25, 0.3) is 0 Å². The minimum absolute atomic E-state index is 0.0861. The Kier molecular flexibility index (Phi) is 1.85. The maximum atomic E-state index is 11.4. The van der Waals surface area contributed by atoms with Crippen molar-refractivity contribution in [3.8, 4) is 0 Å². The number of nitrogens with zero attached hydrogens (tertiary/aromatic N) is 1. The number of aliphatic hydroxyl groups excluding tert-OH is 2. The van der Waals surface area contributed by atoms with Gasteiger partial charge in [-0.25, -0.2) is 0 Å². The van der Waals surface area contributed by atoms with E-state index >= 15 is 0 Å². The summed E-state index contributed by atoms with van der Waals surface area (Å²) in [7, 11) is 0. The zero-order valence-electron chi connectivity index (χ0n) is 7.01. The van der Waals surface area contributed by atoms with Crippen molar-refractivity contribution in [2.75, 3.05) is 19.8 Å². The summed E-state index contributed by atoms with van der Waals surface area (Å²) >= 11 is 0. The number of amides is 2. The number of β-amino-alcohol motifs (C(OH)–C–C–N with tert-alkyl or cyclic N) is 1. The second kappa shape index (κ2) is 2.78. The summed E-state index contributed by atoms with van der Waals surface area (Å²) in [5.41, 5.74) is 0. The number of fused-ring (bicyclic) bond motifs is 1. The van der Waals surface area contributed by atoms with Gasteiger partial charge in [-0.2, -0.15) is 0 Å². The molecule has 1 saturated heterocycles. The summed E-state index contributed by atoms with van der Waals surface area (Å²) in [6, 6.07) is 0. The fourth-order valence-electron chi connectivity index (χ4n) is 2.06. The van der Waals surface area contributed by atoms with Crippen molar-refractivity contribution in [2.24, 2.45) is 17.8 Å².